The van der Waals surface area contributed by atoms with Gasteiger partial charge in [0.1, 0.15) is 0 Å². The summed E-state index contributed by atoms with van der Waals surface area (Å²) in [5, 5.41) is 15.7. The third-order valence-corrected chi connectivity index (χ3v) is 6.42. The summed E-state index contributed by atoms with van der Waals surface area (Å²) in [4.78, 5) is 26.5. The lowest BCUT2D eigenvalue weighted by Crippen LogP contribution is -2.40. The number of hydrogen-bond acceptors (Lipinski definition) is 7. The number of ether oxygens (including phenoxy) is 2. The first-order valence-electron chi connectivity index (χ1n) is 10.1. The molecule has 2 aromatic carbocycles. The topological polar surface area (TPSA) is 93.9 Å². The van der Waals surface area contributed by atoms with Crippen LogP contribution in [0.2, 0.25) is 0 Å². The molecule has 0 fully saturated rings. The maximum absolute atomic E-state index is 12.8. The Morgan fingerprint density at radius 1 is 1.19 bits per heavy atom. The highest BCUT2D eigenvalue weighted by Crippen LogP contribution is 2.42. The fourth-order valence-electron chi connectivity index (χ4n) is 4.00. The SMILES string of the molecule is COc1cc2c(cc1OC)[C@@H](c1cccs1)N(CC(=O)Nc1ccc([N+](=O)[O-])cc1)CC2. The summed E-state index contributed by atoms with van der Waals surface area (Å²) >= 11 is 1.65. The summed E-state index contributed by atoms with van der Waals surface area (Å²) in [5.41, 5.74) is 2.78. The molecule has 1 aliphatic heterocycles. The largest absolute Gasteiger partial charge is 0.493 e. The molecule has 1 amide bonds. The highest BCUT2D eigenvalue weighted by molar-refractivity contribution is 7.10. The number of nitro benzene ring substituents is 1. The Hall–Kier alpha value is -3.43. The number of anilines is 1. The van der Waals surface area contributed by atoms with Crippen molar-refractivity contribution in [1.29, 1.82) is 0 Å². The van der Waals surface area contributed by atoms with Crippen LogP contribution in [0.5, 0.6) is 11.5 Å². The number of methoxy groups -OCH3 is 2. The average Bonchev–Trinajstić information content (AvgIpc) is 3.32. The molecule has 1 aliphatic rings. The van der Waals surface area contributed by atoms with Crippen LogP contribution in [0.4, 0.5) is 11.4 Å². The van der Waals surface area contributed by atoms with Crippen molar-refractivity contribution < 1.29 is 19.2 Å². The fraction of sp³-hybridized carbons (Fsp3) is 0.261. The van der Waals surface area contributed by atoms with E-state index in [9.17, 15) is 14.9 Å². The van der Waals surface area contributed by atoms with Crippen LogP contribution in [0.1, 0.15) is 22.0 Å². The van der Waals surface area contributed by atoms with Crippen LogP contribution >= 0.6 is 11.3 Å². The molecule has 0 saturated heterocycles. The Bertz CT molecular complexity index is 1120. The minimum Gasteiger partial charge on any atom is -0.493 e. The first-order chi connectivity index (χ1) is 15.5. The highest BCUT2D eigenvalue weighted by Gasteiger charge is 2.32. The summed E-state index contributed by atoms with van der Waals surface area (Å²) in [6.45, 7) is 0.895. The number of nitrogens with one attached hydrogen (secondary N) is 1. The molecule has 2 heterocycles. The quantitative estimate of drug-likeness (QED) is 0.424. The van der Waals surface area contributed by atoms with E-state index >= 15 is 0 Å². The third-order valence-electron chi connectivity index (χ3n) is 5.49. The zero-order valence-electron chi connectivity index (χ0n) is 17.7. The number of nitrogens with zero attached hydrogens (tertiary/aromatic N) is 2. The molecule has 32 heavy (non-hydrogen) atoms. The fourth-order valence-corrected chi connectivity index (χ4v) is 4.88. The van der Waals surface area contributed by atoms with Gasteiger partial charge < -0.3 is 14.8 Å². The standard InChI is InChI=1S/C23H23N3O5S/c1-30-19-12-15-9-10-25(14-22(27)24-16-5-7-17(8-6-16)26(28)29)23(21-4-3-11-32-21)18(15)13-20(19)31-2/h3-8,11-13,23H,9-10,14H2,1-2H3,(H,24,27)/t23-/m0/s1. The van der Waals surface area contributed by atoms with Crippen LogP contribution in [0.15, 0.2) is 53.9 Å². The molecule has 0 saturated carbocycles. The van der Waals surface area contributed by atoms with Crippen LogP contribution < -0.4 is 14.8 Å². The van der Waals surface area contributed by atoms with Crippen molar-refractivity contribution in [2.24, 2.45) is 0 Å². The number of nitro groups is 1. The lowest BCUT2D eigenvalue weighted by atomic mass is 9.91. The van der Waals surface area contributed by atoms with E-state index < -0.39 is 4.92 Å². The Labute approximate surface area is 189 Å². The van der Waals surface area contributed by atoms with Gasteiger partial charge in [0.15, 0.2) is 11.5 Å². The van der Waals surface area contributed by atoms with E-state index in [4.69, 9.17) is 9.47 Å². The molecular weight excluding hydrogens is 430 g/mol. The lowest BCUT2D eigenvalue weighted by molar-refractivity contribution is -0.384. The Morgan fingerprint density at radius 3 is 2.53 bits per heavy atom. The first kappa shape index (κ1) is 21.8. The molecular formula is C23H23N3O5S. The predicted octanol–water partition coefficient (Wildman–Crippen LogP) is 4.26. The number of rotatable bonds is 7. The van der Waals surface area contributed by atoms with E-state index in [2.05, 4.69) is 16.3 Å². The van der Waals surface area contributed by atoms with Gasteiger partial charge in [0, 0.05) is 29.2 Å². The van der Waals surface area contributed by atoms with E-state index in [1.165, 1.54) is 29.8 Å². The number of non-ortho nitro benzene ring substituents is 1. The zero-order chi connectivity index (χ0) is 22.7. The molecule has 0 unspecified atom stereocenters. The van der Waals surface area contributed by atoms with Gasteiger partial charge in [-0.25, -0.2) is 0 Å². The molecule has 166 valence electrons. The first-order valence-corrected chi connectivity index (χ1v) is 10.9. The monoisotopic (exact) mass is 453 g/mol. The molecule has 0 aliphatic carbocycles. The Balaban J connectivity index is 1.58. The van der Waals surface area contributed by atoms with Crippen molar-refractivity contribution >= 4 is 28.6 Å². The normalized spacial score (nSPS) is 15.6. The third kappa shape index (κ3) is 4.44. The molecule has 1 atom stereocenters. The summed E-state index contributed by atoms with van der Waals surface area (Å²) in [7, 11) is 3.24. The van der Waals surface area contributed by atoms with Gasteiger partial charge in [0.25, 0.3) is 5.69 Å². The van der Waals surface area contributed by atoms with Crippen molar-refractivity contribution in [1.82, 2.24) is 4.90 Å². The van der Waals surface area contributed by atoms with E-state index in [0.29, 0.717) is 23.7 Å². The van der Waals surface area contributed by atoms with Gasteiger partial charge in [-0.1, -0.05) is 6.07 Å². The maximum atomic E-state index is 12.8. The van der Waals surface area contributed by atoms with Crippen LogP contribution in [0, 0.1) is 10.1 Å². The highest BCUT2D eigenvalue weighted by atomic mass is 32.1. The molecule has 4 rings (SSSR count). The number of benzene rings is 2. The van der Waals surface area contributed by atoms with Gasteiger partial charge in [-0.2, -0.15) is 0 Å². The predicted molar refractivity (Wildman–Crippen MR) is 123 cm³/mol. The average molecular weight is 454 g/mol. The number of thiophene rings is 1. The van der Waals surface area contributed by atoms with Crippen molar-refractivity contribution in [3.63, 3.8) is 0 Å². The Morgan fingerprint density at radius 2 is 1.91 bits per heavy atom. The van der Waals surface area contributed by atoms with Gasteiger partial charge in [0.2, 0.25) is 5.91 Å². The molecule has 0 bridgehead atoms. The van der Waals surface area contributed by atoms with Gasteiger partial charge >= 0.3 is 0 Å². The van der Waals surface area contributed by atoms with Gasteiger partial charge in [0.05, 0.1) is 31.7 Å². The molecule has 0 radical (unpaired) electrons. The van der Waals surface area contributed by atoms with Crippen molar-refractivity contribution in [2.75, 3.05) is 32.6 Å². The summed E-state index contributed by atoms with van der Waals surface area (Å²) in [6, 6.07) is 13.8. The minimum absolute atomic E-state index is 0.0160. The number of amides is 1. The molecule has 8 nitrogen and oxygen atoms in total. The smallest absolute Gasteiger partial charge is 0.269 e. The van der Waals surface area contributed by atoms with Crippen LogP contribution in [0.25, 0.3) is 0 Å². The van der Waals surface area contributed by atoms with Crippen LogP contribution in [-0.2, 0) is 11.2 Å². The molecule has 1 N–H and O–H groups in total. The lowest BCUT2D eigenvalue weighted by Gasteiger charge is -2.37. The second-order valence-corrected chi connectivity index (χ2v) is 8.38. The summed E-state index contributed by atoms with van der Waals surface area (Å²) < 4.78 is 11.0. The van der Waals surface area contributed by atoms with E-state index in [1.54, 1.807) is 25.6 Å². The van der Waals surface area contributed by atoms with E-state index in [-0.39, 0.29) is 24.2 Å². The van der Waals surface area contributed by atoms with E-state index in [0.717, 1.165) is 16.9 Å². The van der Waals surface area contributed by atoms with Crippen LogP contribution in [-0.4, -0.2) is 43.0 Å². The number of hydrogen-bond donors (Lipinski definition) is 1. The van der Waals surface area contributed by atoms with Gasteiger partial charge in [-0.3, -0.25) is 19.8 Å². The zero-order valence-corrected chi connectivity index (χ0v) is 18.6. The summed E-state index contributed by atoms with van der Waals surface area (Å²) in [6.07, 6.45) is 0.780. The molecule has 0 spiro atoms. The number of fused-ring (bicyclic) bond motifs is 1. The number of carbonyl (C=O) groups is 1. The van der Waals surface area contributed by atoms with Crippen molar-refractivity contribution in [2.45, 2.75) is 12.5 Å². The molecule has 1 aromatic heterocycles. The Kier molecular flexibility index (Phi) is 6.38. The maximum Gasteiger partial charge on any atom is 0.269 e. The van der Waals surface area contributed by atoms with Crippen molar-refractivity contribution in [3.05, 3.63) is 80.0 Å². The van der Waals surface area contributed by atoms with Crippen LogP contribution in [0.3, 0.4) is 0 Å². The minimum atomic E-state index is -0.467. The molecule has 3 aromatic rings. The van der Waals surface area contributed by atoms with Gasteiger partial charge in [-0.05, 0) is 53.3 Å². The number of carbonyl (C=O) groups excluding carboxylic acids is 1. The second-order valence-electron chi connectivity index (χ2n) is 7.40. The molecule has 9 heteroatoms. The summed E-state index contributed by atoms with van der Waals surface area (Å²) in [5.74, 6) is 1.18. The van der Waals surface area contributed by atoms with Gasteiger partial charge in [-0.15, -0.1) is 11.3 Å². The van der Waals surface area contributed by atoms with E-state index in [1.807, 2.05) is 23.6 Å². The van der Waals surface area contributed by atoms with Crippen molar-refractivity contribution in [3.8, 4) is 11.5 Å². The second kappa shape index (κ2) is 9.37.